The fourth-order valence-electron chi connectivity index (χ4n) is 0.934. The highest BCUT2D eigenvalue weighted by atomic mass is 35.5. The van der Waals surface area contributed by atoms with Gasteiger partial charge >= 0.3 is 0 Å². The van der Waals surface area contributed by atoms with Gasteiger partial charge in [-0.1, -0.05) is 25.4 Å². The molecule has 0 radical (unpaired) electrons. The summed E-state index contributed by atoms with van der Waals surface area (Å²) < 4.78 is 11.7. The largest absolute Gasteiger partial charge is 0.399 e. The van der Waals surface area contributed by atoms with Crippen LogP contribution in [0.5, 0.6) is 0 Å². The Kier molecular flexibility index (Phi) is 3.33. The monoisotopic (exact) mass is 217 g/mol. The van der Waals surface area contributed by atoms with Crippen LogP contribution in [0.1, 0.15) is 13.8 Å². The second-order valence-electron chi connectivity index (χ2n) is 3.04. The molecule has 1 atom stereocenters. The molecule has 13 heavy (non-hydrogen) atoms. The molecular formula is C9H12ClNOS. The van der Waals surface area contributed by atoms with Crippen molar-refractivity contribution in [3.63, 3.8) is 0 Å². The lowest BCUT2D eigenvalue weighted by atomic mass is 10.3. The number of rotatable bonds is 2. The fourth-order valence-corrected chi connectivity index (χ4v) is 2.31. The van der Waals surface area contributed by atoms with E-state index < -0.39 is 10.8 Å². The minimum Gasteiger partial charge on any atom is -0.399 e. The molecule has 2 nitrogen and oxygen atoms in total. The standard InChI is InChI=1S/C9H12ClNOS/c1-6(2)13(12)9-4-3-7(11)5-8(9)10/h3-6H,11H2,1-2H3. The van der Waals surface area contributed by atoms with Crippen molar-refractivity contribution in [1.82, 2.24) is 0 Å². The first kappa shape index (κ1) is 10.5. The summed E-state index contributed by atoms with van der Waals surface area (Å²) in [5.74, 6) is 0. The van der Waals surface area contributed by atoms with Crippen LogP contribution in [0.15, 0.2) is 23.1 Å². The van der Waals surface area contributed by atoms with Crippen molar-refractivity contribution in [2.45, 2.75) is 24.0 Å². The van der Waals surface area contributed by atoms with Gasteiger partial charge in [0.2, 0.25) is 0 Å². The van der Waals surface area contributed by atoms with Crippen LogP contribution in [0.25, 0.3) is 0 Å². The SMILES string of the molecule is CC(C)S(=O)c1ccc(N)cc1Cl. The van der Waals surface area contributed by atoms with E-state index in [4.69, 9.17) is 17.3 Å². The van der Waals surface area contributed by atoms with Gasteiger partial charge in [0.25, 0.3) is 0 Å². The molecule has 0 aliphatic rings. The van der Waals surface area contributed by atoms with E-state index in [9.17, 15) is 4.21 Å². The number of halogens is 1. The predicted molar refractivity (Wildman–Crippen MR) is 57.4 cm³/mol. The molecule has 0 saturated carbocycles. The van der Waals surface area contributed by atoms with E-state index in [-0.39, 0.29) is 5.25 Å². The van der Waals surface area contributed by atoms with Gasteiger partial charge in [-0.05, 0) is 18.2 Å². The Morgan fingerprint density at radius 3 is 2.54 bits per heavy atom. The van der Waals surface area contributed by atoms with Crippen molar-refractivity contribution < 1.29 is 4.21 Å². The Morgan fingerprint density at radius 2 is 2.08 bits per heavy atom. The van der Waals surface area contributed by atoms with Crippen LogP contribution in [0.3, 0.4) is 0 Å². The third-order valence-electron chi connectivity index (χ3n) is 1.60. The molecule has 0 aliphatic heterocycles. The number of nitrogens with two attached hydrogens (primary N) is 1. The van der Waals surface area contributed by atoms with Crippen LogP contribution >= 0.6 is 11.6 Å². The average molecular weight is 218 g/mol. The highest BCUT2D eigenvalue weighted by Crippen LogP contribution is 2.23. The van der Waals surface area contributed by atoms with E-state index in [1.807, 2.05) is 13.8 Å². The summed E-state index contributed by atoms with van der Waals surface area (Å²) in [6.07, 6.45) is 0. The topological polar surface area (TPSA) is 43.1 Å². The van der Waals surface area contributed by atoms with Crippen molar-refractivity contribution >= 4 is 28.1 Å². The first-order valence-corrected chi connectivity index (χ1v) is 5.57. The van der Waals surface area contributed by atoms with Crippen molar-refractivity contribution in [1.29, 1.82) is 0 Å². The molecule has 0 spiro atoms. The zero-order valence-corrected chi connectivity index (χ0v) is 9.15. The number of hydrogen-bond donors (Lipinski definition) is 1. The van der Waals surface area contributed by atoms with Gasteiger partial charge in [-0.2, -0.15) is 0 Å². The van der Waals surface area contributed by atoms with Crippen LogP contribution in [-0.4, -0.2) is 9.46 Å². The van der Waals surface area contributed by atoms with Gasteiger partial charge in [0.05, 0.1) is 20.7 Å². The number of nitrogen functional groups attached to an aromatic ring is 1. The van der Waals surface area contributed by atoms with Crippen molar-refractivity contribution in [2.24, 2.45) is 0 Å². The van der Waals surface area contributed by atoms with Gasteiger partial charge in [0.15, 0.2) is 0 Å². The molecule has 1 aromatic carbocycles. The van der Waals surface area contributed by atoms with Crippen LogP contribution in [0.4, 0.5) is 5.69 Å². The summed E-state index contributed by atoms with van der Waals surface area (Å²) in [4.78, 5) is 0.658. The Morgan fingerprint density at radius 1 is 1.46 bits per heavy atom. The maximum Gasteiger partial charge on any atom is 0.0588 e. The molecule has 2 N–H and O–H groups in total. The Balaban J connectivity index is 3.09. The van der Waals surface area contributed by atoms with Crippen molar-refractivity contribution in [3.05, 3.63) is 23.2 Å². The zero-order chi connectivity index (χ0) is 10.0. The lowest BCUT2D eigenvalue weighted by Crippen LogP contribution is -2.06. The lowest BCUT2D eigenvalue weighted by molar-refractivity contribution is 0.677. The molecule has 0 heterocycles. The second kappa shape index (κ2) is 4.11. The van der Waals surface area contributed by atoms with Crippen LogP contribution < -0.4 is 5.73 Å². The maximum atomic E-state index is 11.7. The molecule has 1 rings (SSSR count). The average Bonchev–Trinajstić information content (AvgIpc) is 2.03. The third kappa shape index (κ3) is 2.45. The molecule has 0 saturated heterocycles. The summed E-state index contributed by atoms with van der Waals surface area (Å²) in [5.41, 5.74) is 6.11. The third-order valence-corrected chi connectivity index (χ3v) is 3.67. The van der Waals surface area contributed by atoms with Crippen LogP contribution in [-0.2, 0) is 10.8 Å². The Labute approximate surface area is 85.5 Å². The van der Waals surface area contributed by atoms with Crippen molar-refractivity contribution in [2.75, 3.05) is 5.73 Å². The lowest BCUT2D eigenvalue weighted by Gasteiger charge is -2.07. The Hall–Kier alpha value is -0.540. The van der Waals surface area contributed by atoms with Crippen LogP contribution in [0, 0.1) is 0 Å². The zero-order valence-electron chi connectivity index (χ0n) is 7.58. The van der Waals surface area contributed by atoms with E-state index in [0.717, 1.165) is 0 Å². The summed E-state index contributed by atoms with van der Waals surface area (Å²) in [7, 11) is -1.04. The normalized spacial score (nSPS) is 13.2. The molecule has 0 amide bonds. The minimum absolute atomic E-state index is 0.0705. The highest BCUT2D eigenvalue weighted by Gasteiger charge is 2.11. The van der Waals surface area contributed by atoms with Gasteiger partial charge in [-0.25, -0.2) is 0 Å². The van der Waals surface area contributed by atoms with E-state index in [2.05, 4.69) is 0 Å². The molecule has 72 valence electrons. The quantitative estimate of drug-likeness (QED) is 0.774. The minimum atomic E-state index is -1.04. The molecule has 4 heteroatoms. The summed E-state index contributed by atoms with van der Waals surface area (Å²) >= 11 is 5.90. The van der Waals surface area contributed by atoms with Gasteiger partial charge in [0.1, 0.15) is 0 Å². The van der Waals surface area contributed by atoms with E-state index >= 15 is 0 Å². The smallest absolute Gasteiger partial charge is 0.0588 e. The summed E-state index contributed by atoms with van der Waals surface area (Å²) in [6, 6.07) is 5.05. The van der Waals surface area contributed by atoms with Gasteiger partial charge < -0.3 is 5.73 Å². The van der Waals surface area contributed by atoms with Crippen LogP contribution in [0.2, 0.25) is 5.02 Å². The van der Waals surface area contributed by atoms with E-state index in [1.54, 1.807) is 18.2 Å². The first-order chi connectivity index (χ1) is 6.02. The molecule has 0 aromatic heterocycles. The van der Waals surface area contributed by atoms with Gasteiger partial charge in [-0.15, -0.1) is 0 Å². The van der Waals surface area contributed by atoms with E-state index in [1.165, 1.54) is 0 Å². The maximum absolute atomic E-state index is 11.7. The fraction of sp³-hybridized carbons (Fsp3) is 0.333. The molecule has 1 aromatic rings. The Bertz CT molecular complexity index is 338. The van der Waals surface area contributed by atoms with Gasteiger partial charge in [0, 0.05) is 10.9 Å². The molecule has 0 bridgehead atoms. The summed E-state index contributed by atoms with van der Waals surface area (Å²) in [5, 5.41) is 0.549. The highest BCUT2D eigenvalue weighted by molar-refractivity contribution is 7.85. The molecular weight excluding hydrogens is 206 g/mol. The second-order valence-corrected chi connectivity index (χ2v) is 5.42. The predicted octanol–water partition coefficient (Wildman–Crippen LogP) is 2.44. The van der Waals surface area contributed by atoms with Crippen molar-refractivity contribution in [3.8, 4) is 0 Å². The molecule has 1 unspecified atom stereocenters. The number of anilines is 1. The number of benzene rings is 1. The molecule has 0 fully saturated rings. The first-order valence-electron chi connectivity index (χ1n) is 3.98. The summed E-state index contributed by atoms with van der Waals surface area (Å²) in [6.45, 7) is 3.78. The van der Waals surface area contributed by atoms with E-state index in [0.29, 0.717) is 15.6 Å². The molecule has 0 aliphatic carbocycles. The van der Waals surface area contributed by atoms with Gasteiger partial charge in [-0.3, -0.25) is 4.21 Å². The number of hydrogen-bond acceptors (Lipinski definition) is 2.